The molecular formula is C22H17F2N3O3. The molecule has 0 saturated carbocycles. The van der Waals surface area contributed by atoms with Crippen LogP contribution in [0.1, 0.15) is 11.1 Å². The minimum absolute atomic E-state index is 0.0906. The maximum Gasteiger partial charge on any atom is 0.329 e. The summed E-state index contributed by atoms with van der Waals surface area (Å²) < 4.78 is 32.6. The summed E-state index contributed by atoms with van der Waals surface area (Å²) in [5.41, 5.74) is 3.03. The van der Waals surface area contributed by atoms with E-state index >= 15 is 0 Å². The Hall–Kier alpha value is -4.07. The number of nitrogens with one attached hydrogen (secondary N) is 2. The van der Waals surface area contributed by atoms with Gasteiger partial charge in [-0.1, -0.05) is 30.3 Å². The summed E-state index contributed by atoms with van der Waals surface area (Å²) in [4.78, 5) is 23.5. The maximum atomic E-state index is 13.6. The first kappa shape index (κ1) is 20.7. The number of anilines is 1. The Balaban J connectivity index is 1.49. The third kappa shape index (κ3) is 5.71. The van der Waals surface area contributed by atoms with Crippen LogP contribution in [0.2, 0.25) is 0 Å². The molecule has 0 spiro atoms. The molecule has 2 N–H and O–H groups in total. The largest absolute Gasteiger partial charge is 0.489 e. The quantitative estimate of drug-likeness (QED) is 0.371. The summed E-state index contributed by atoms with van der Waals surface area (Å²) in [6.07, 6.45) is 1.33. The Bertz CT molecular complexity index is 1070. The lowest BCUT2D eigenvalue weighted by Gasteiger charge is -2.07. The molecule has 152 valence electrons. The van der Waals surface area contributed by atoms with Crippen molar-refractivity contribution >= 4 is 23.7 Å². The number of carbonyl (C=O) groups excluding carboxylic acids is 2. The van der Waals surface area contributed by atoms with E-state index in [1.54, 1.807) is 42.5 Å². The van der Waals surface area contributed by atoms with Crippen molar-refractivity contribution in [3.63, 3.8) is 0 Å². The second-order valence-corrected chi connectivity index (χ2v) is 6.08. The minimum Gasteiger partial charge on any atom is -0.489 e. The van der Waals surface area contributed by atoms with Gasteiger partial charge in [-0.2, -0.15) is 5.10 Å². The van der Waals surface area contributed by atoms with Crippen LogP contribution in [-0.4, -0.2) is 18.0 Å². The third-order valence-corrected chi connectivity index (χ3v) is 3.94. The number of ether oxygens (including phenoxy) is 1. The number of hydrazone groups is 1. The number of halogens is 2. The van der Waals surface area contributed by atoms with Gasteiger partial charge in [0.1, 0.15) is 24.0 Å². The molecule has 0 fully saturated rings. The van der Waals surface area contributed by atoms with Crippen LogP contribution in [0.5, 0.6) is 5.75 Å². The van der Waals surface area contributed by atoms with Crippen LogP contribution < -0.4 is 15.5 Å². The van der Waals surface area contributed by atoms with E-state index in [0.29, 0.717) is 16.9 Å². The monoisotopic (exact) mass is 409 g/mol. The summed E-state index contributed by atoms with van der Waals surface area (Å²) in [6, 6.07) is 18.5. The zero-order chi connectivity index (χ0) is 21.3. The average Bonchev–Trinajstić information content (AvgIpc) is 2.75. The molecule has 3 rings (SSSR count). The number of carbonyl (C=O) groups is 2. The Morgan fingerprint density at radius 2 is 1.53 bits per heavy atom. The lowest BCUT2D eigenvalue weighted by atomic mass is 10.2. The summed E-state index contributed by atoms with van der Waals surface area (Å²) in [5, 5.41) is 5.85. The minimum atomic E-state index is -1.05. The fourth-order valence-electron chi connectivity index (χ4n) is 2.38. The van der Waals surface area contributed by atoms with Gasteiger partial charge >= 0.3 is 11.8 Å². The Kier molecular flexibility index (Phi) is 6.83. The summed E-state index contributed by atoms with van der Waals surface area (Å²) in [6.45, 7) is 0.0906. The van der Waals surface area contributed by atoms with Gasteiger partial charge in [-0.3, -0.25) is 9.59 Å². The molecule has 2 amide bonds. The predicted octanol–water partition coefficient (Wildman–Crippen LogP) is 3.63. The van der Waals surface area contributed by atoms with E-state index in [1.807, 2.05) is 0 Å². The van der Waals surface area contributed by atoms with E-state index in [-0.39, 0.29) is 18.1 Å². The summed E-state index contributed by atoms with van der Waals surface area (Å²) in [5.74, 6) is -2.55. The molecule has 0 saturated heterocycles. The normalized spacial score (nSPS) is 10.6. The number of hydrogen-bond acceptors (Lipinski definition) is 4. The SMILES string of the molecule is O=C(N/N=C/c1ccc(OCc2ccccc2F)cc1)C(=O)Nc1ccccc1F. The number of benzene rings is 3. The van der Waals surface area contributed by atoms with E-state index in [0.717, 1.165) is 6.07 Å². The van der Waals surface area contributed by atoms with Gasteiger partial charge in [0.15, 0.2) is 0 Å². The van der Waals surface area contributed by atoms with Crippen molar-refractivity contribution in [1.82, 2.24) is 5.43 Å². The highest BCUT2D eigenvalue weighted by atomic mass is 19.1. The van der Waals surface area contributed by atoms with Gasteiger partial charge in [-0.05, 0) is 48.0 Å². The number of hydrogen-bond donors (Lipinski definition) is 2. The van der Waals surface area contributed by atoms with Gasteiger partial charge in [0, 0.05) is 5.56 Å². The first-order valence-corrected chi connectivity index (χ1v) is 8.88. The van der Waals surface area contributed by atoms with Crippen molar-refractivity contribution < 1.29 is 23.1 Å². The molecule has 0 aliphatic carbocycles. The predicted molar refractivity (Wildman–Crippen MR) is 108 cm³/mol. The Morgan fingerprint density at radius 1 is 0.867 bits per heavy atom. The van der Waals surface area contributed by atoms with E-state index in [2.05, 4.69) is 15.8 Å². The van der Waals surface area contributed by atoms with Gasteiger partial charge in [-0.25, -0.2) is 14.2 Å². The van der Waals surface area contributed by atoms with Crippen molar-refractivity contribution in [3.8, 4) is 5.75 Å². The smallest absolute Gasteiger partial charge is 0.329 e. The average molecular weight is 409 g/mol. The van der Waals surface area contributed by atoms with Crippen LogP contribution in [0.4, 0.5) is 14.5 Å². The Morgan fingerprint density at radius 3 is 2.23 bits per heavy atom. The van der Waals surface area contributed by atoms with Crippen LogP contribution in [-0.2, 0) is 16.2 Å². The second kappa shape index (κ2) is 9.92. The zero-order valence-corrected chi connectivity index (χ0v) is 15.6. The molecule has 0 heterocycles. The van der Waals surface area contributed by atoms with Gasteiger partial charge in [-0.15, -0.1) is 0 Å². The molecule has 30 heavy (non-hydrogen) atoms. The van der Waals surface area contributed by atoms with Gasteiger partial charge in [0.2, 0.25) is 0 Å². The number of rotatable bonds is 6. The van der Waals surface area contributed by atoms with E-state index < -0.39 is 17.6 Å². The fraction of sp³-hybridized carbons (Fsp3) is 0.0455. The topological polar surface area (TPSA) is 79.8 Å². The van der Waals surface area contributed by atoms with Crippen molar-refractivity contribution in [1.29, 1.82) is 0 Å². The summed E-state index contributed by atoms with van der Waals surface area (Å²) >= 11 is 0. The van der Waals surface area contributed by atoms with Crippen molar-refractivity contribution in [3.05, 3.63) is 95.6 Å². The van der Waals surface area contributed by atoms with Crippen LogP contribution in [0.3, 0.4) is 0 Å². The number of nitrogens with zero attached hydrogens (tertiary/aromatic N) is 1. The number of para-hydroxylation sites is 1. The van der Waals surface area contributed by atoms with Gasteiger partial charge in [0.25, 0.3) is 0 Å². The first-order valence-electron chi connectivity index (χ1n) is 8.88. The van der Waals surface area contributed by atoms with Crippen LogP contribution >= 0.6 is 0 Å². The molecule has 0 aliphatic rings. The van der Waals surface area contributed by atoms with Crippen molar-refractivity contribution in [2.45, 2.75) is 6.61 Å². The highest BCUT2D eigenvalue weighted by Crippen LogP contribution is 2.15. The van der Waals surface area contributed by atoms with Crippen LogP contribution in [0.25, 0.3) is 0 Å². The highest BCUT2D eigenvalue weighted by Gasteiger charge is 2.14. The second-order valence-electron chi connectivity index (χ2n) is 6.08. The fourth-order valence-corrected chi connectivity index (χ4v) is 2.38. The van der Waals surface area contributed by atoms with Gasteiger partial charge in [0.05, 0.1) is 11.9 Å². The third-order valence-electron chi connectivity index (χ3n) is 3.94. The van der Waals surface area contributed by atoms with Gasteiger partial charge < -0.3 is 10.1 Å². The molecule has 0 aromatic heterocycles. The van der Waals surface area contributed by atoms with Crippen LogP contribution in [0, 0.1) is 11.6 Å². The number of amides is 2. The zero-order valence-electron chi connectivity index (χ0n) is 15.6. The Labute approximate surface area is 171 Å². The van der Waals surface area contributed by atoms with Crippen molar-refractivity contribution in [2.24, 2.45) is 5.10 Å². The molecule has 8 heteroatoms. The molecule has 0 atom stereocenters. The molecule has 3 aromatic carbocycles. The lowest BCUT2D eigenvalue weighted by molar-refractivity contribution is -0.136. The molecule has 3 aromatic rings. The molecule has 0 radical (unpaired) electrons. The van der Waals surface area contributed by atoms with Crippen molar-refractivity contribution in [2.75, 3.05) is 5.32 Å². The lowest BCUT2D eigenvalue weighted by Crippen LogP contribution is -2.32. The molecule has 6 nitrogen and oxygen atoms in total. The maximum absolute atomic E-state index is 13.6. The molecule has 0 bridgehead atoms. The molecular weight excluding hydrogens is 392 g/mol. The molecule has 0 aliphatic heterocycles. The molecule has 0 unspecified atom stereocenters. The highest BCUT2D eigenvalue weighted by molar-refractivity contribution is 6.39. The summed E-state index contributed by atoms with van der Waals surface area (Å²) in [7, 11) is 0. The van der Waals surface area contributed by atoms with Crippen LogP contribution in [0.15, 0.2) is 77.9 Å². The van der Waals surface area contributed by atoms with E-state index in [1.165, 1.54) is 30.5 Å². The van der Waals surface area contributed by atoms with E-state index in [9.17, 15) is 18.4 Å². The van der Waals surface area contributed by atoms with E-state index in [4.69, 9.17) is 4.74 Å². The first-order chi connectivity index (χ1) is 14.5. The standard InChI is InChI=1S/C22H17F2N3O3/c23-18-6-2-1-5-16(18)14-30-17-11-9-15(10-12-17)13-25-27-22(29)21(28)26-20-8-4-3-7-19(20)24/h1-13H,14H2,(H,26,28)(H,27,29)/b25-13+.